The third-order valence-corrected chi connectivity index (χ3v) is 1.64. The van der Waals surface area contributed by atoms with Crippen molar-refractivity contribution in [1.29, 1.82) is 0 Å². The summed E-state index contributed by atoms with van der Waals surface area (Å²) in [4.78, 5) is 10.6. The average molecular weight is 312 g/mol. The van der Waals surface area contributed by atoms with Gasteiger partial charge in [-0.1, -0.05) is 24.8 Å². The first kappa shape index (κ1) is 25.0. The highest BCUT2D eigenvalue weighted by molar-refractivity contribution is 5.83. The van der Waals surface area contributed by atoms with E-state index in [1.165, 1.54) is 0 Å². The fourth-order valence-corrected chi connectivity index (χ4v) is 0.850. The quantitative estimate of drug-likeness (QED) is 0.378. The van der Waals surface area contributed by atoms with Gasteiger partial charge < -0.3 is 19.7 Å². The van der Waals surface area contributed by atoms with Crippen LogP contribution in [0.1, 0.15) is 13.8 Å². The molecule has 0 saturated heterocycles. The van der Waals surface area contributed by atoms with Gasteiger partial charge in [-0.2, -0.15) is 0 Å². The van der Waals surface area contributed by atoms with Crippen LogP contribution in [-0.4, -0.2) is 42.6 Å². The molecule has 0 saturated carbocycles. The second-order valence-electron chi connectivity index (χ2n) is 3.17. The van der Waals surface area contributed by atoms with Crippen LogP contribution in [0.5, 0.6) is 5.75 Å². The Bertz CT molecular complexity index is 334. The van der Waals surface area contributed by atoms with Crippen molar-refractivity contribution < 1.29 is 24.5 Å². The van der Waals surface area contributed by atoms with E-state index in [0.29, 0.717) is 5.75 Å². The van der Waals surface area contributed by atoms with Crippen LogP contribution in [0.15, 0.2) is 56.1 Å². The van der Waals surface area contributed by atoms with Crippen LogP contribution in [-0.2, 0) is 9.53 Å². The molecule has 0 aliphatic rings. The van der Waals surface area contributed by atoms with Crippen molar-refractivity contribution in [1.82, 2.24) is 0 Å². The molecular weight excluding hydrogens is 284 g/mol. The molecule has 0 aliphatic carbocycles. The number of aliphatic hydroxyl groups excluding tert-OH is 2. The zero-order valence-corrected chi connectivity index (χ0v) is 13.5. The summed E-state index contributed by atoms with van der Waals surface area (Å²) in [7, 11) is 0. The minimum atomic E-state index is -0.434. The number of aliphatic hydroxyl groups is 2. The van der Waals surface area contributed by atoms with E-state index >= 15 is 0 Å². The lowest BCUT2D eigenvalue weighted by molar-refractivity contribution is -0.128. The highest BCUT2D eigenvalue weighted by Crippen LogP contribution is 2.07. The van der Waals surface area contributed by atoms with Gasteiger partial charge in [-0.05, 0) is 26.0 Å². The maximum Gasteiger partial charge on any atom is 0.335 e. The Hall–Kier alpha value is -1.95. The lowest BCUT2D eigenvalue weighted by Gasteiger charge is -1.98. The third-order valence-electron chi connectivity index (χ3n) is 1.64. The topological polar surface area (TPSA) is 76.0 Å². The molecule has 0 bridgehead atoms. The van der Waals surface area contributed by atoms with Crippen molar-refractivity contribution >= 4 is 5.97 Å². The van der Waals surface area contributed by atoms with Crippen molar-refractivity contribution in [3.05, 3.63) is 56.1 Å². The van der Waals surface area contributed by atoms with E-state index in [0.717, 1.165) is 19.3 Å². The SMILES string of the molecule is C=C.C=CC(=O)Oc1ccccc1.CCOCC.OCCO. The molecule has 126 valence electrons. The van der Waals surface area contributed by atoms with E-state index in [9.17, 15) is 4.79 Å². The Balaban J connectivity index is -0.000000276. The Morgan fingerprint density at radius 1 is 1.09 bits per heavy atom. The predicted octanol–water partition coefficient (Wildman–Crippen LogP) is 2.59. The van der Waals surface area contributed by atoms with E-state index in [-0.39, 0.29) is 13.2 Å². The first-order valence-electron chi connectivity index (χ1n) is 6.84. The molecule has 1 rings (SSSR count). The first-order valence-corrected chi connectivity index (χ1v) is 6.84. The molecular formula is C17H28O5. The molecule has 0 amide bonds. The number of carbonyl (C=O) groups excluding carboxylic acids is 1. The Kier molecular flexibility index (Phi) is 27.4. The van der Waals surface area contributed by atoms with E-state index in [4.69, 9.17) is 19.7 Å². The standard InChI is InChI=1S/C9H8O2.C4H10O.C2H6O2.C2H4/c1-2-9(10)11-8-6-4-3-5-7-8;1-3-5-4-2;3-1-2-4;1-2/h2-7H,1H2;3-4H2,1-2H3;3-4H,1-2H2;1-2H2. The molecule has 1 aromatic carbocycles. The predicted molar refractivity (Wildman–Crippen MR) is 89.9 cm³/mol. The van der Waals surface area contributed by atoms with Crippen molar-refractivity contribution in [2.24, 2.45) is 0 Å². The molecule has 0 radical (unpaired) electrons. The average Bonchev–Trinajstić information content (AvgIpc) is 2.59. The van der Waals surface area contributed by atoms with Crippen LogP contribution in [0.2, 0.25) is 0 Å². The summed E-state index contributed by atoms with van der Waals surface area (Å²) in [6.07, 6.45) is 1.13. The van der Waals surface area contributed by atoms with Gasteiger partial charge in [-0.15, -0.1) is 13.2 Å². The molecule has 22 heavy (non-hydrogen) atoms. The highest BCUT2D eigenvalue weighted by atomic mass is 16.5. The van der Waals surface area contributed by atoms with Gasteiger partial charge in [0, 0.05) is 19.3 Å². The highest BCUT2D eigenvalue weighted by Gasteiger charge is 1.95. The molecule has 0 fully saturated rings. The number of benzene rings is 1. The van der Waals surface area contributed by atoms with Crippen molar-refractivity contribution in [3.8, 4) is 5.75 Å². The van der Waals surface area contributed by atoms with E-state index < -0.39 is 5.97 Å². The van der Waals surface area contributed by atoms with Crippen molar-refractivity contribution in [3.63, 3.8) is 0 Å². The van der Waals surface area contributed by atoms with Gasteiger partial charge >= 0.3 is 5.97 Å². The molecule has 0 spiro atoms. The second kappa shape index (κ2) is 24.1. The van der Waals surface area contributed by atoms with E-state index in [1.54, 1.807) is 24.3 Å². The Labute approximate surface area is 133 Å². The van der Waals surface area contributed by atoms with Crippen molar-refractivity contribution in [2.45, 2.75) is 13.8 Å². The minimum Gasteiger partial charge on any atom is -0.423 e. The number of hydrogen-bond donors (Lipinski definition) is 2. The van der Waals surface area contributed by atoms with Gasteiger partial charge in [0.2, 0.25) is 0 Å². The van der Waals surface area contributed by atoms with Crippen LogP contribution in [0, 0.1) is 0 Å². The lowest BCUT2D eigenvalue weighted by atomic mass is 10.3. The summed E-state index contributed by atoms with van der Waals surface area (Å²) in [5.74, 6) is 0.105. The van der Waals surface area contributed by atoms with Gasteiger partial charge in [0.1, 0.15) is 5.75 Å². The number of hydrogen-bond acceptors (Lipinski definition) is 5. The molecule has 5 nitrogen and oxygen atoms in total. The minimum absolute atomic E-state index is 0.125. The van der Waals surface area contributed by atoms with Gasteiger partial charge in [0.05, 0.1) is 13.2 Å². The molecule has 0 atom stereocenters. The summed E-state index contributed by atoms with van der Waals surface area (Å²) >= 11 is 0. The first-order chi connectivity index (χ1) is 10.7. The molecule has 0 aromatic heterocycles. The number of ether oxygens (including phenoxy) is 2. The van der Waals surface area contributed by atoms with Gasteiger partial charge in [-0.25, -0.2) is 4.79 Å². The van der Waals surface area contributed by atoms with Gasteiger partial charge in [0.25, 0.3) is 0 Å². The fraction of sp³-hybridized carbons (Fsp3) is 0.353. The number of carbonyl (C=O) groups is 1. The molecule has 0 aliphatic heterocycles. The monoisotopic (exact) mass is 312 g/mol. The molecule has 2 N–H and O–H groups in total. The summed E-state index contributed by atoms with van der Waals surface area (Å²) in [5.41, 5.74) is 0. The number of rotatable bonds is 5. The maximum atomic E-state index is 10.6. The number of esters is 1. The zero-order chi connectivity index (χ0) is 17.6. The van der Waals surface area contributed by atoms with Crippen LogP contribution >= 0.6 is 0 Å². The zero-order valence-electron chi connectivity index (χ0n) is 13.5. The maximum absolute atomic E-state index is 10.6. The Morgan fingerprint density at radius 3 is 1.82 bits per heavy atom. The van der Waals surface area contributed by atoms with Crippen LogP contribution < -0.4 is 4.74 Å². The smallest absolute Gasteiger partial charge is 0.335 e. The van der Waals surface area contributed by atoms with Crippen LogP contribution in [0.4, 0.5) is 0 Å². The third kappa shape index (κ3) is 23.2. The summed E-state index contributed by atoms with van der Waals surface area (Å²) < 4.78 is 9.64. The van der Waals surface area contributed by atoms with Gasteiger partial charge in [-0.3, -0.25) is 0 Å². The summed E-state index contributed by atoms with van der Waals surface area (Å²) in [5, 5.41) is 15.2. The second-order valence-corrected chi connectivity index (χ2v) is 3.17. The lowest BCUT2D eigenvalue weighted by Crippen LogP contribution is -2.02. The van der Waals surface area contributed by atoms with Gasteiger partial charge in [0.15, 0.2) is 0 Å². The van der Waals surface area contributed by atoms with E-state index in [1.807, 2.05) is 19.9 Å². The normalized spacial score (nSPS) is 7.82. The molecule has 1 aromatic rings. The number of para-hydroxylation sites is 1. The fourth-order valence-electron chi connectivity index (χ4n) is 0.850. The summed E-state index contributed by atoms with van der Waals surface area (Å²) in [6, 6.07) is 8.87. The van der Waals surface area contributed by atoms with Crippen LogP contribution in [0.3, 0.4) is 0 Å². The summed E-state index contributed by atoms with van der Waals surface area (Å²) in [6.45, 7) is 14.7. The molecule has 0 unspecified atom stereocenters. The Morgan fingerprint density at radius 2 is 1.55 bits per heavy atom. The van der Waals surface area contributed by atoms with Crippen molar-refractivity contribution in [2.75, 3.05) is 26.4 Å². The molecule has 0 heterocycles. The largest absolute Gasteiger partial charge is 0.423 e. The van der Waals surface area contributed by atoms with Crippen LogP contribution in [0.25, 0.3) is 0 Å². The van der Waals surface area contributed by atoms with E-state index in [2.05, 4.69) is 19.7 Å². The molecule has 5 heteroatoms.